The summed E-state index contributed by atoms with van der Waals surface area (Å²) in [5, 5.41) is 1.37. The lowest BCUT2D eigenvalue weighted by Crippen LogP contribution is -2.32. The largest absolute Gasteiger partial charge is 0.469 e. The van der Waals surface area contributed by atoms with Crippen LogP contribution in [-0.2, 0) is 9.53 Å². The van der Waals surface area contributed by atoms with Gasteiger partial charge in [-0.3, -0.25) is 9.78 Å². The van der Waals surface area contributed by atoms with Crippen molar-refractivity contribution >= 4 is 39.8 Å². The van der Waals surface area contributed by atoms with Crippen molar-refractivity contribution in [1.82, 2.24) is 9.55 Å². The quantitative estimate of drug-likeness (QED) is 0.505. The highest BCUT2D eigenvalue weighted by atomic mass is 35.5. The Kier molecular flexibility index (Phi) is 4.48. The molecule has 1 aromatic carbocycles. The highest BCUT2D eigenvalue weighted by molar-refractivity contribution is 6.36. The summed E-state index contributed by atoms with van der Waals surface area (Å²) in [7, 11) is 1.42. The van der Waals surface area contributed by atoms with Crippen molar-refractivity contribution in [2.24, 2.45) is 5.92 Å². The maximum absolute atomic E-state index is 11.8. The Morgan fingerprint density at radius 1 is 1.36 bits per heavy atom. The fraction of sp³-hybridized carbons (Fsp3) is 0.286. The van der Waals surface area contributed by atoms with Gasteiger partial charge in [0.15, 0.2) is 5.69 Å². The SMILES string of the molecule is [C-]#[N+]c1cc2c(-c3cncc(N)c3Cl)cn(C3CC(C(=O)OC)C3)c2cc1C. The lowest BCUT2D eigenvalue weighted by molar-refractivity contribution is -0.149. The van der Waals surface area contributed by atoms with E-state index in [1.54, 1.807) is 6.20 Å². The Balaban J connectivity index is 1.88. The number of hydrogen-bond acceptors (Lipinski definition) is 4. The molecule has 0 spiro atoms. The summed E-state index contributed by atoms with van der Waals surface area (Å²) in [6.07, 6.45) is 6.68. The number of aryl methyl sites for hydroxylation is 1. The molecule has 0 atom stereocenters. The van der Waals surface area contributed by atoms with Gasteiger partial charge in [0, 0.05) is 35.1 Å². The van der Waals surface area contributed by atoms with Crippen molar-refractivity contribution in [3.63, 3.8) is 0 Å². The number of esters is 1. The van der Waals surface area contributed by atoms with E-state index in [2.05, 4.69) is 14.4 Å². The highest BCUT2D eigenvalue weighted by Gasteiger charge is 2.37. The van der Waals surface area contributed by atoms with Crippen LogP contribution in [0.3, 0.4) is 0 Å². The molecule has 7 heteroatoms. The minimum Gasteiger partial charge on any atom is -0.469 e. The van der Waals surface area contributed by atoms with Crippen LogP contribution in [0.25, 0.3) is 26.9 Å². The fourth-order valence-corrected chi connectivity index (χ4v) is 4.05. The van der Waals surface area contributed by atoms with Gasteiger partial charge in [-0.1, -0.05) is 11.6 Å². The van der Waals surface area contributed by atoms with Crippen LogP contribution in [-0.4, -0.2) is 22.6 Å². The predicted octanol–water partition coefficient (Wildman–Crippen LogP) is 4.92. The molecular formula is C21H19ClN4O2. The van der Waals surface area contributed by atoms with Crippen LogP contribution in [0.1, 0.15) is 24.4 Å². The molecule has 0 amide bonds. The monoisotopic (exact) mass is 394 g/mol. The second-order valence-electron chi connectivity index (χ2n) is 7.15. The zero-order chi connectivity index (χ0) is 20.0. The lowest BCUT2D eigenvalue weighted by atomic mass is 9.80. The van der Waals surface area contributed by atoms with Crippen molar-refractivity contribution in [3.05, 3.63) is 52.7 Å². The minimum absolute atomic E-state index is 0.0721. The van der Waals surface area contributed by atoms with Gasteiger partial charge in [0.05, 0.1) is 36.5 Å². The molecular weight excluding hydrogens is 376 g/mol. The third kappa shape index (κ3) is 2.79. The first-order valence-electron chi connectivity index (χ1n) is 8.94. The van der Waals surface area contributed by atoms with Crippen LogP contribution in [0, 0.1) is 19.4 Å². The van der Waals surface area contributed by atoms with Gasteiger partial charge in [-0.15, -0.1) is 0 Å². The Morgan fingerprint density at radius 3 is 2.79 bits per heavy atom. The fourth-order valence-electron chi connectivity index (χ4n) is 3.85. The molecule has 2 N–H and O–H groups in total. The number of hydrogen-bond donors (Lipinski definition) is 1. The molecule has 2 heterocycles. The van der Waals surface area contributed by atoms with E-state index in [-0.39, 0.29) is 17.9 Å². The first-order valence-corrected chi connectivity index (χ1v) is 9.32. The van der Waals surface area contributed by atoms with Crippen molar-refractivity contribution in [1.29, 1.82) is 0 Å². The van der Waals surface area contributed by atoms with Crippen LogP contribution >= 0.6 is 11.6 Å². The van der Waals surface area contributed by atoms with Crippen molar-refractivity contribution in [3.8, 4) is 11.1 Å². The molecule has 1 aliphatic rings. The molecule has 4 rings (SSSR count). The molecule has 1 aliphatic carbocycles. The van der Waals surface area contributed by atoms with Gasteiger partial charge >= 0.3 is 5.97 Å². The van der Waals surface area contributed by atoms with E-state index in [1.165, 1.54) is 13.3 Å². The van der Waals surface area contributed by atoms with Crippen LogP contribution in [0.2, 0.25) is 5.02 Å². The summed E-state index contributed by atoms with van der Waals surface area (Å²) in [5.41, 5.74) is 10.5. The van der Waals surface area contributed by atoms with Crippen molar-refractivity contribution in [2.75, 3.05) is 12.8 Å². The summed E-state index contributed by atoms with van der Waals surface area (Å²) in [4.78, 5) is 19.6. The van der Waals surface area contributed by atoms with Gasteiger partial charge in [0.2, 0.25) is 0 Å². The first-order chi connectivity index (χ1) is 13.4. The Bertz CT molecular complexity index is 1140. The first kappa shape index (κ1) is 18.3. The van der Waals surface area contributed by atoms with Crippen LogP contribution in [0.4, 0.5) is 11.4 Å². The van der Waals surface area contributed by atoms with Gasteiger partial charge in [-0.2, -0.15) is 0 Å². The number of pyridine rings is 1. The number of rotatable bonds is 3. The number of methoxy groups -OCH3 is 1. The summed E-state index contributed by atoms with van der Waals surface area (Å²) in [6, 6.07) is 4.09. The number of aromatic nitrogens is 2. The average molecular weight is 395 g/mol. The predicted molar refractivity (Wildman–Crippen MR) is 109 cm³/mol. The number of halogens is 1. The molecule has 0 saturated heterocycles. The Hall–Kier alpha value is -3.04. The van der Waals surface area contributed by atoms with Gasteiger partial charge in [0.25, 0.3) is 0 Å². The maximum Gasteiger partial charge on any atom is 0.308 e. The van der Waals surface area contributed by atoms with E-state index < -0.39 is 0 Å². The molecule has 28 heavy (non-hydrogen) atoms. The lowest BCUT2D eigenvalue weighted by Gasteiger charge is -2.35. The third-order valence-corrected chi connectivity index (χ3v) is 5.93. The van der Waals surface area contributed by atoms with E-state index in [0.717, 1.165) is 40.4 Å². The number of ether oxygens (including phenoxy) is 1. The maximum atomic E-state index is 11.8. The molecule has 142 valence electrons. The second kappa shape index (κ2) is 6.84. The molecule has 3 aromatic rings. The van der Waals surface area contributed by atoms with E-state index in [4.69, 9.17) is 28.6 Å². The van der Waals surface area contributed by atoms with E-state index >= 15 is 0 Å². The number of anilines is 1. The third-order valence-electron chi connectivity index (χ3n) is 5.51. The van der Waals surface area contributed by atoms with E-state index in [1.807, 2.05) is 25.3 Å². The average Bonchev–Trinajstić information content (AvgIpc) is 2.99. The zero-order valence-corrected chi connectivity index (χ0v) is 16.3. The minimum atomic E-state index is -0.164. The van der Waals surface area contributed by atoms with Crippen LogP contribution in [0.15, 0.2) is 30.7 Å². The van der Waals surface area contributed by atoms with E-state index in [0.29, 0.717) is 16.4 Å². The molecule has 0 unspecified atom stereocenters. The van der Waals surface area contributed by atoms with Crippen molar-refractivity contribution in [2.45, 2.75) is 25.8 Å². The second-order valence-corrected chi connectivity index (χ2v) is 7.53. The molecule has 1 fully saturated rings. The number of carbonyl (C=O) groups is 1. The summed E-state index contributed by atoms with van der Waals surface area (Å²) >= 11 is 6.46. The topological polar surface area (TPSA) is 74.5 Å². The van der Waals surface area contributed by atoms with Gasteiger partial charge in [-0.25, -0.2) is 4.85 Å². The molecule has 2 aromatic heterocycles. The number of nitrogen functional groups attached to an aromatic ring is 1. The highest BCUT2D eigenvalue weighted by Crippen LogP contribution is 2.45. The normalized spacial score (nSPS) is 18.5. The number of nitrogens with zero attached hydrogens (tertiary/aromatic N) is 3. The standard InChI is InChI=1S/C21H19ClN4O2/c1-11-4-19-14(7-18(11)24-2)16(15-8-25-9-17(23)20(15)22)10-26(19)13-5-12(6-13)21(27)28-3/h4,7-10,12-13H,5-6,23H2,1,3H3. The van der Waals surface area contributed by atoms with E-state index in [9.17, 15) is 4.79 Å². The molecule has 6 nitrogen and oxygen atoms in total. The van der Waals surface area contributed by atoms with Crippen LogP contribution < -0.4 is 5.73 Å². The zero-order valence-electron chi connectivity index (χ0n) is 15.6. The van der Waals surface area contributed by atoms with Crippen molar-refractivity contribution < 1.29 is 9.53 Å². The summed E-state index contributed by atoms with van der Waals surface area (Å²) in [5.74, 6) is -0.236. The Morgan fingerprint density at radius 2 is 2.11 bits per heavy atom. The summed E-state index contributed by atoms with van der Waals surface area (Å²) in [6.45, 7) is 9.38. The number of fused-ring (bicyclic) bond motifs is 1. The number of carbonyl (C=O) groups excluding carboxylic acids is 1. The molecule has 0 bridgehead atoms. The molecule has 1 saturated carbocycles. The van der Waals surface area contributed by atoms with Gasteiger partial charge in [-0.05, 0) is 42.8 Å². The molecule has 0 aliphatic heterocycles. The van der Waals surface area contributed by atoms with Gasteiger partial charge < -0.3 is 15.0 Å². The summed E-state index contributed by atoms with van der Waals surface area (Å²) < 4.78 is 7.03. The molecule has 0 radical (unpaired) electrons. The number of nitrogens with two attached hydrogens (primary N) is 1. The van der Waals surface area contributed by atoms with Crippen LogP contribution in [0.5, 0.6) is 0 Å². The van der Waals surface area contributed by atoms with Gasteiger partial charge in [0.1, 0.15) is 0 Å². The number of benzene rings is 1. The Labute approximate surface area is 167 Å². The smallest absolute Gasteiger partial charge is 0.308 e.